The second-order valence-corrected chi connectivity index (χ2v) is 7.14. The van der Waals surface area contributed by atoms with Gasteiger partial charge < -0.3 is 14.5 Å². The minimum absolute atomic E-state index is 0.0437. The van der Waals surface area contributed by atoms with Crippen LogP contribution in [0.2, 0.25) is 0 Å². The number of nitrogens with zero attached hydrogens (tertiary/aromatic N) is 2. The van der Waals surface area contributed by atoms with Crippen molar-refractivity contribution >= 4 is 17.5 Å². The molecule has 1 heterocycles. The van der Waals surface area contributed by atoms with E-state index in [1.165, 1.54) is 19.3 Å². The number of amides is 2. The fraction of sp³-hybridized carbons (Fsp3) is 0.600. The number of anilines is 1. The van der Waals surface area contributed by atoms with Crippen LogP contribution in [0.5, 0.6) is 5.75 Å². The maximum atomic E-state index is 12.6. The first kappa shape index (κ1) is 17.8. The lowest BCUT2D eigenvalue weighted by molar-refractivity contribution is -0.132. The predicted octanol–water partition coefficient (Wildman–Crippen LogP) is 3.23. The minimum atomic E-state index is -0.0855. The molecule has 1 aliphatic carbocycles. The molecule has 3 rings (SSSR count). The van der Waals surface area contributed by atoms with E-state index in [0.717, 1.165) is 24.4 Å². The van der Waals surface area contributed by atoms with Crippen LogP contribution in [0.1, 0.15) is 45.4 Å². The minimum Gasteiger partial charge on any atom is -0.482 e. The highest BCUT2D eigenvalue weighted by molar-refractivity contribution is 5.98. The number of hydrogen-bond donors (Lipinski definition) is 0. The number of ether oxygens (including phenoxy) is 1. The molecule has 5 heteroatoms. The van der Waals surface area contributed by atoms with Crippen LogP contribution in [-0.4, -0.2) is 43.0 Å². The highest BCUT2D eigenvalue weighted by Gasteiger charge is 2.28. The molecule has 1 fully saturated rings. The van der Waals surface area contributed by atoms with Crippen molar-refractivity contribution in [2.75, 3.05) is 25.1 Å². The van der Waals surface area contributed by atoms with Crippen LogP contribution in [0.3, 0.4) is 0 Å². The number of fused-ring (bicyclic) bond motifs is 1. The fourth-order valence-corrected chi connectivity index (χ4v) is 3.93. The van der Waals surface area contributed by atoms with E-state index in [2.05, 4.69) is 6.92 Å². The molecule has 1 aliphatic heterocycles. The summed E-state index contributed by atoms with van der Waals surface area (Å²) in [6.07, 6.45) is 6.22. The normalized spacial score (nSPS) is 23.0. The molecule has 0 saturated heterocycles. The van der Waals surface area contributed by atoms with Crippen molar-refractivity contribution in [1.82, 2.24) is 4.90 Å². The summed E-state index contributed by atoms with van der Waals surface area (Å²) in [4.78, 5) is 28.4. The molecule has 0 radical (unpaired) electrons. The van der Waals surface area contributed by atoms with Gasteiger partial charge in [-0.15, -0.1) is 0 Å². The number of para-hydroxylation sites is 2. The lowest BCUT2D eigenvalue weighted by atomic mass is 9.84. The Morgan fingerprint density at radius 1 is 1.24 bits per heavy atom. The number of benzene rings is 1. The van der Waals surface area contributed by atoms with E-state index < -0.39 is 0 Å². The largest absolute Gasteiger partial charge is 0.482 e. The van der Waals surface area contributed by atoms with Gasteiger partial charge in [0.25, 0.3) is 5.91 Å². The molecule has 2 aliphatic rings. The maximum absolute atomic E-state index is 12.6. The third-order valence-corrected chi connectivity index (χ3v) is 5.69. The Hall–Kier alpha value is -2.04. The second kappa shape index (κ2) is 7.89. The van der Waals surface area contributed by atoms with Gasteiger partial charge in [0, 0.05) is 26.1 Å². The highest BCUT2D eigenvalue weighted by atomic mass is 16.5. The number of carbonyl (C=O) groups excluding carboxylic acids is 2. The van der Waals surface area contributed by atoms with Gasteiger partial charge >= 0.3 is 0 Å². The van der Waals surface area contributed by atoms with Crippen molar-refractivity contribution in [2.24, 2.45) is 5.92 Å². The average Bonchev–Trinajstić information content (AvgIpc) is 2.66. The molecule has 5 nitrogen and oxygen atoms in total. The monoisotopic (exact) mass is 344 g/mol. The first-order valence-electron chi connectivity index (χ1n) is 9.38. The van der Waals surface area contributed by atoms with Gasteiger partial charge in [-0.3, -0.25) is 9.59 Å². The number of carbonyl (C=O) groups is 2. The Bertz CT molecular complexity index is 623. The molecule has 0 spiro atoms. The molecule has 0 unspecified atom stereocenters. The van der Waals surface area contributed by atoms with Gasteiger partial charge in [-0.25, -0.2) is 0 Å². The van der Waals surface area contributed by atoms with E-state index in [4.69, 9.17) is 4.74 Å². The van der Waals surface area contributed by atoms with E-state index in [-0.39, 0.29) is 18.4 Å². The topological polar surface area (TPSA) is 49.9 Å². The molecule has 1 aromatic carbocycles. The van der Waals surface area contributed by atoms with Crippen LogP contribution in [0.15, 0.2) is 24.3 Å². The Labute approximate surface area is 149 Å². The Kier molecular flexibility index (Phi) is 5.61. The van der Waals surface area contributed by atoms with Crippen molar-refractivity contribution in [1.29, 1.82) is 0 Å². The van der Waals surface area contributed by atoms with Gasteiger partial charge in [0.15, 0.2) is 6.61 Å². The second-order valence-electron chi connectivity index (χ2n) is 7.14. The summed E-state index contributed by atoms with van der Waals surface area (Å²) >= 11 is 0. The van der Waals surface area contributed by atoms with Crippen LogP contribution >= 0.6 is 0 Å². The number of rotatable bonds is 5. The highest BCUT2D eigenvalue weighted by Crippen LogP contribution is 2.32. The zero-order valence-electron chi connectivity index (χ0n) is 15.2. The van der Waals surface area contributed by atoms with E-state index >= 15 is 0 Å². The van der Waals surface area contributed by atoms with Crippen molar-refractivity contribution in [3.05, 3.63) is 24.3 Å². The molecule has 2 amide bonds. The zero-order valence-corrected chi connectivity index (χ0v) is 15.2. The van der Waals surface area contributed by atoms with Crippen molar-refractivity contribution in [2.45, 2.75) is 51.5 Å². The fourth-order valence-electron chi connectivity index (χ4n) is 3.93. The molecule has 0 bridgehead atoms. The van der Waals surface area contributed by atoms with Crippen molar-refractivity contribution in [3.8, 4) is 5.75 Å². The lowest BCUT2D eigenvalue weighted by Crippen LogP contribution is -2.43. The summed E-state index contributed by atoms with van der Waals surface area (Å²) in [5.74, 6) is 1.57. The molecular weight excluding hydrogens is 316 g/mol. The van der Waals surface area contributed by atoms with Crippen LogP contribution in [0.25, 0.3) is 0 Å². The molecule has 1 saturated carbocycles. The summed E-state index contributed by atoms with van der Waals surface area (Å²) in [5.41, 5.74) is 0.762. The summed E-state index contributed by atoms with van der Waals surface area (Å²) in [6, 6.07) is 7.84. The first-order chi connectivity index (χ1) is 12.1. The Balaban J connectivity index is 1.56. The SMILES string of the molecule is CCC1CCC(N(C)C(=O)CCN2C(=O)COc3ccccc32)CC1. The third-order valence-electron chi connectivity index (χ3n) is 5.69. The van der Waals surface area contributed by atoms with Crippen molar-refractivity contribution in [3.63, 3.8) is 0 Å². The van der Waals surface area contributed by atoms with E-state index in [0.29, 0.717) is 24.8 Å². The van der Waals surface area contributed by atoms with E-state index in [1.54, 1.807) is 4.90 Å². The molecule has 25 heavy (non-hydrogen) atoms. The van der Waals surface area contributed by atoms with Gasteiger partial charge in [0.1, 0.15) is 5.75 Å². The summed E-state index contributed by atoms with van der Waals surface area (Å²) in [7, 11) is 1.91. The third kappa shape index (κ3) is 3.97. The van der Waals surface area contributed by atoms with Crippen LogP contribution in [-0.2, 0) is 9.59 Å². The maximum Gasteiger partial charge on any atom is 0.265 e. The molecule has 0 N–H and O–H groups in total. The van der Waals surface area contributed by atoms with Crippen LogP contribution in [0, 0.1) is 5.92 Å². The molecule has 136 valence electrons. The Morgan fingerprint density at radius 2 is 1.96 bits per heavy atom. The summed E-state index contributed by atoms with van der Waals surface area (Å²) in [6.45, 7) is 2.70. The summed E-state index contributed by atoms with van der Waals surface area (Å²) < 4.78 is 5.45. The van der Waals surface area contributed by atoms with Crippen LogP contribution < -0.4 is 9.64 Å². The van der Waals surface area contributed by atoms with Gasteiger partial charge in [0.2, 0.25) is 5.91 Å². The van der Waals surface area contributed by atoms with Crippen molar-refractivity contribution < 1.29 is 14.3 Å². The average molecular weight is 344 g/mol. The van der Waals surface area contributed by atoms with Gasteiger partial charge in [-0.05, 0) is 43.7 Å². The first-order valence-corrected chi connectivity index (χ1v) is 9.38. The standard InChI is InChI=1S/C20H28N2O3/c1-3-15-8-10-16(11-9-15)21(2)19(23)12-13-22-17-6-4-5-7-18(17)25-14-20(22)24/h4-7,15-16H,3,8-14H2,1-2H3. The van der Waals surface area contributed by atoms with Crippen LogP contribution in [0.4, 0.5) is 5.69 Å². The van der Waals surface area contributed by atoms with Gasteiger partial charge in [-0.1, -0.05) is 25.5 Å². The van der Waals surface area contributed by atoms with Gasteiger partial charge in [-0.2, -0.15) is 0 Å². The van der Waals surface area contributed by atoms with E-state index in [1.807, 2.05) is 36.2 Å². The summed E-state index contributed by atoms with van der Waals surface area (Å²) in [5, 5.41) is 0. The Morgan fingerprint density at radius 3 is 2.68 bits per heavy atom. The zero-order chi connectivity index (χ0) is 17.8. The molecule has 0 atom stereocenters. The van der Waals surface area contributed by atoms with Gasteiger partial charge in [0.05, 0.1) is 5.69 Å². The quantitative estimate of drug-likeness (QED) is 0.824. The molecule has 1 aromatic rings. The predicted molar refractivity (Wildman–Crippen MR) is 97.7 cm³/mol. The lowest BCUT2D eigenvalue weighted by Gasteiger charge is -2.35. The molecular formula is C20H28N2O3. The smallest absolute Gasteiger partial charge is 0.265 e. The number of hydrogen-bond acceptors (Lipinski definition) is 3. The van der Waals surface area contributed by atoms with E-state index in [9.17, 15) is 9.59 Å². The molecule has 0 aromatic heterocycles.